The van der Waals surface area contributed by atoms with Crippen LogP contribution >= 0.6 is 0 Å². The van der Waals surface area contributed by atoms with E-state index in [2.05, 4.69) is 42.2 Å². The molecule has 2 saturated heterocycles. The van der Waals surface area contributed by atoms with Gasteiger partial charge in [0.25, 0.3) is 0 Å². The minimum atomic E-state index is 0.184. The second-order valence-electron chi connectivity index (χ2n) is 6.41. The molecule has 1 aromatic carbocycles. The first kappa shape index (κ1) is 14.9. The summed E-state index contributed by atoms with van der Waals surface area (Å²) in [6, 6.07) is 10.7. The highest BCUT2D eigenvalue weighted by molar-refractivity contribution is 5.92. The third kappa shape index (κ3) is 2.93. The molecule has 1 aromatic heterocycles. The molecular weight excluding hydrogens is 288 g/mol. The number of rotatable bonds is 3. The number of para-hydroxylation sites is 1. The Bertz CT molecular complexity index is 682. The summed E-state index contributed by atoms with van der Waals surface area (Å²) in [7, 11) is 0. The summed E-state index contributed by atoms with van der Waals surface area (Å²) >= 11 is 0. The normalized spacial score (nSPS) is 25.2. The number of aromatic nitrogens is 1. The Morgan fingerprint density at radius 1 is 1.17 bits per heavy atom. The molecule has 2 aliphatic heterocycles. The monoisotopic (exact) mass is 312 g/mol. The molecule has 0 bridgehead atoms. The molecule has 0 aliphatic carbocycles. The molecule has 0 spiro atoms. The highest BCUT2D eigenvalue weighted by atomic mass is 16.5. The van der Waals surface area contributed by atoms with Gasteiger partial charge in [-0.2, -0.15) is 0 Å². The Kier molecular flexibility index (Phi) is 4.19. The highest BCUT2D eigenvalue weighted by Gasteiger charge is 2.31. The van der Waals surface area contributed by atoms with Gasteiger partial charge in [0.1, 0.15) is 6.10 Å². The number of hydrogen-bond donors (Lipinski definition) is 0. The van der Waals surface area contributed by atoms with Gasteiger partial charge in [-0.1, -0.05) is 25.1 Å². The van der Waals surface area contributed by atoms with Crippen LogP contribution in [-0.4, -0.2) is 43.5 Å². The van der Waals surface area contributed by atoms with Gasteiger partial charge in [0.2, 0.25) is 0 Å². The van der Waals surface area contributed by atoms with Gasteiger partial charge >= 0.3 is 0 Å². The summed E-state index contributed by atoms with van der Waals surface area (Å²) in [6.45, 7) is 5.64. The molecule has 23 heavy (non-hydrogen) atoms. The first-order chi connectivity index (χ1) is 11.3. The lowest BCUT2D eigenvalue weighted by Crippen LogP contribution is -2.47. The van der Waals surface area contributed by atoms with E-state index >= 15 is 0 Å². The molecule has 2 aliphatic rings. The van der Waals surface area contributed by atoms with Crippen LogP contribution in [0.15, 0.2) is 30.3 Å². The molecule has 2 atom stereocenters. The fourth-order valence-corrected chi connectivity index (χ4v) is 3.67. The fourth-order valence-electron chi connectivity index (χ4n) is 3.67. The minimum Gasteiger partial charge on any atom is -0.375 e. The van der Waals surface area contributed by atoms with E-state index in [-0.39, 0.29) is 12.2 Å². The maximum atomic E-state index is 6.00. The smallest absolute Gasteiger partial charge is 0.101 e. The molecule has 0 saturated carbocycles. The van der Waals surface area contributed by atoms with E-state index in [9.17, 15) is 0 Å². The van der Waals surface area contributed by atoms with E-state index in [4.69, 9.17) is 14.5 Å². The number of hydrogen-bond acceptors (Lipinski definition) is 4. The first-order valence-corrected chi connectivity index (χ1v) is 8.72. The molecule has 2 fully saturated rings. The SMILES string of the molecule is CCc1cc(N2CCOC(C3CCCO3)C2)c2ccccc2n1. The molecule has 2 aromatic rings. The Morgan fingerprint density at radius 2 is 2.04 bits per heavy atom. The van der Waals surface area contributed by atoms with E-state index in [0.717, 1.165) is 56.8 Å². The van der Waals surface area contributed by atoms with Crippen molar-refractivity contribution in [2.45, 2.75) is 38.4 Å². The van der Waals surface area contributed by atoms with Gasteiger partial charge in [-0.25, -0.2) is 0 Å². The molecule has 4 rings (SSSR count). The van der Waals surface area contributed by atoms with E-state index in [0.29, 0.717) is 0 Å². The summed E-state index contributed by atoms with van der Waals surface area (Å²) in [5.41, 5.74) is 3.53. The predicted molar refractivity (Wildman–Crippen MR) is 92.0 cm³/mol. The molecule has 2 unspecified atom stereocenters. The van der Waals surface area contributed by atoms with Crippen LogP contribution in [0.5, 0.6) is 0 Å². The van der Waals surface area contributed by atoms with Gasteiger partial charge < -0.3 is 14.4 Å². The zero-order chi connectivity index (χ0) is 15.6. The van der Waals surface area contributed by atoms with Crippen molar-refractivity contribution in [3.63, 3.8) is 0 Å². The van der Waals surface area contributed by atoms with Gasteiger partial charge in [-0.05, 0) is 31.4 Å². The highest BCUT2D eigenvalue weighted by Crippen LogP contribution is 2.30. The number of benzene rings is 1. The third-order valence-electron chi connectivity index (χ3n) is 4.92. The quantitative estimate of drug-likeness (QED) is 0.872. The molecule has 0 radical (unpaired) electrons. The number of nitrogens with zero attached hydrogens (tertiary/aromatic N) is 2. The number of aryl methyl sites for hydroxylation is 1. The standard InChI is InChI=1S/C19H24N2O2/c1-2-14-12-17(15-6-3-4-7-16(15)20-14)21-9-11-23-19(13-21)18-8-5-10-22-18/h3-4,6-7,12,18-19H,2,5,8-11,13H2,1H3. The Balaban J connectivity index is 1.67. The molecule has 0 N–H and O–H groups in total. The van der Waals surface area contributed by atoms with Crippen molar-refractivity contribution in [1.29, 1.82) is 0 Å². The molecule has 3 heterocycles. The third-order valence-corrected chi connectivity index (χ3v) is 4.92. The van der Waals surface area contributed by atoms with Crippen molar-refractivity contribution in [1.82, 2.24) is 4.98 Å². The van der Waals surface area contributed by atoms with E-state index in [1.807, 2.05) is 0 Å². The number of morpholine rings is 1. The van der Waals surface area contributed by atoms with Crippen LogP contribution in [0, 0.1) is 0 Å². The fraction of sp³-hybridized carbons (Fsp3) is 0.526. The topological polar surface area (TPSA) is 34.6 Å². The zero-order valence-electron chi connectivity index (χ0n) is 13.7. The van der Waals surface area contributed by atoms with Crippen LogP contribution in [0.2, 0.25) is 0 Å². The summed E-state index contributed by atoms with van der Waals surface area (Å²) in [5.74, 6) is 0. The van der Waals surface area contributed by atoms with Gasteiger partial charge in [0, 0.05) is 36.5 Å². The van der Waals surface area contributed by atoms with Crippen molar-refractivity contribution < 1.29 is 9.47 Å². The number of ether oxygens (including phenoxy) is 2. The van der Waals surface area contributed by atoms with Crippen LogP contribution in [0.4, 0.5) is 5.69 Å². The van der Waals surface area contributed by atoms with Crippen molar-refractivity contribution in [2.75, 3.05) is 31.2 Å². The second kappa shape index (κ2) is 6.46. The van der Waals surface area contributed by atoms with Crippen molar-refractivity contribution in [3.8, 4) is 0 Å². The van der Waals surface area contributed by atoms with Crippen molar-refractivity contribution >= 4 is 16.6 Å². The van der Waals surface area contributed by atoms with Gasteiger partial charge in [-0.3, -0.25) is 4.98 Å². The zero-order valence-corrected chi connectivity index (χ0v) is 13.7. The summed E-state index contributed by atoms with van der Waals surface area (Å²) in [5, 5.41) is 1.23. The average molecular weight is 312 g/mol. The van der Waals surface area contributed by atoms with E-state index in [1.165, 1.54) is 11.1 Å². The van der Waals surface area contributed by atoms with Gasteiger partial charge in [0.15, 0.2) is 0 Å². The predicted octanol–water partition coefficient (Wildman–Crippen LogP) is 3.18. The Hall–Kier alpha value is -1.65. The number of pyridine rings is 1. The second-order valence-corrected chi connectivity index (χ2v) is 6.41. The minimum absolute atomic E-state index is 0.184. The maximum absolute atomic E-state index is 6.00. The van der Waals surface area contributed by atoms with Crippen LogP contribution in [-0.2, 0) is 15.9 Å². The molecule has 4 nitrogen and oxygen atoms in total. The van der Waals surface area contributed by atoms with Crippen LogP contribution in [0.3, 0.4) is 0 Å². The van der Waals surface area contributed by atoms with Crippen LogP contribution in [0.1, 0.15) is 25.5 Å². The van der Waals surface area contributed by atoms with Crippen molar-refractivity contribution in [2.24, 2.45) is 0 Å². The van der Waals surface area contributed by atoms with Crippen LogP contribution in [0.25, 0.3) is 10.9 Å². The largest absolute Gasteiger partial charge is 0.375 e. The van der Waals surface area contributed by atoms with Crippen molar-refractivity contribution in [3.05, 3.63) is 36.0 Å². The van der Waals surface area contributed by atoms with E-state index < -0.39 is 0 Å². The van der Waals surface area contributed by atoms with Gasteiger partial charge in [0.05, 0.1) is 18.2 Å². The lowest BCUT2D eigenvalue weighted by Gasteiger charge is -2.37. The first-order valence-electron chi connectivity index (χ1n) is 8.72. The lowest BCUT2D eigenvalue weighted by atomic mass is 10.1. The average Bonchev–Trinajstić information content (AvgIpc) is 3.15. The summed E-state index contributed by atoms with van der Waals surface area (Å²) < 4.78 is 11.8. The van der Waals surface area contributed by atoms with Crippen LogP contribution < -0.4 is 4.90 Å². The maximum Gasteiger partial charge on any atom is 0.101 e. The lowest BCUT2D eigenvalue weighted by molar-refractivity contribution is -0.0542. The Labute approximate surface area is 137 Å². The molecule has 0 amide bonds. The van der Waals surface area contributed by atoms with Gasteiger partial charge in [-0.15, -0.1) is 0 Å². The molecule has 4 heteroatoms. The number of fused-ring (bicyclic) bond motifs is 1. The summed E-state index contributed by atoms with van der Waals surface area (Å²) in [6.07, 6.45) is 3.68. The molecular formula is C19H24N2O2. The van der Waals surface area contributed by atoms with E-state index in [1.54, 1.807) is 0 Å². The Morgan fingerprint density at radius 3 is 2.87 bits per heavy atom. The summed E-state index contributed by atoms with van der Waals surface area (Å²) in [4.78, 5) is 7.22. The number of anilines is 1. The molecule has 122 valence electrons.